The number of benzene rings is 2. The molecule has 0 spiro atoms. The molecule has 0 radical (unpaired) electrons. The van der Waals surface area contributed by atoms with Crippen LogP contribution < -0.4 is 5.63 Å². The molecule has 0 saturated carbocycles. The van der Waals surface area contributed by atoms with Crippen molar-refractivity contribution in [3.63, 3.8) is 0 Å². The Morgan fingerprint density at radius 1 is 0.917 bits per heavy atom. The Labute approximate surface area is 144 Å². The lowest BCUT2D eigenvalue weighted by Crippen LogP contribution is -1.97. The van der Waals surface area contributed by atoms with Crippen molar-refractivity contribution >= 4 is 22.3 Å². The highest BCUT2D eigenvalue weighted by Crippen LogP contribution is 2.37. The van der Waals surface area contributed by atoms with Gasteiger partial charge in [-0.25, -0.2) is 4.79 Å². The van der Waals surface area contributed by atoms with E-state index in [0.717, 1.165) is 22.2 Å². The number of rotatable bonds is 3. The Morgan fingerprint density at radius 2 is 1.67 bits per heavy atom. The molecule has 3 heteroatoms. The molecule has 0 aliphatic heterocycles. The molecule has 0 fully saturated rings. The predicted molar refractivity (Wildman–Crippen MR) is 101 cm³/mol. The number of aryl methyl sites for hydroxylation is 1. The van der Waals surface area contributed by atoms with Gasteiger partial charge in [-0.2, -0.15) is 0 Å². The molecule has 24 heavy (non-hydrogen) atoms. The van der Waals surface area contributed by atoms with Crippen molar-refractivity contribution in [1.29, 1.82) is 0 Å². The molecule has 0 amide bonds. The fourth-order valence-electron chi connectivity index (χ4n) is 2.86. The Morgan fingerprint density at radius 3 is 2.46 bits per heavy atom. The monoisotopic (exact) mass is 332 g/mol. The summed E-state index contributed by atoms with van der Waals surface area (Å²) < 4.78 is 5.29. The lowest BCUT2D eigenvalue weighted by atomic mass is 10.1. The van der Waals surface area contributed by atoms with Crippen molar-refractivity contribution in [2.45, 2.75) is 13.3 Å². The standard InChI is InChI=1S/C21H16O2S/c1-2-14-7-9-15(10-8-14)19-11-12-20(24-19)17-13-21(22)23-18-6-4-3-5-16(17)18/h3-13H,2H2,1H3. The van der Waals surface area contributed by atoms with Crippen LogP contribution in [0.3, 0.4) is 0 Å². The van der Waals surface area contributed by atoms with Crippen LogP contribution in [0.2, 0.25) is 0 Å². The van der Waals surface area contributed by atoms with E-state index in [1.165, 1.54) is 16.0 Å². The molecule has 118 valence electrons. The zero-order chi connectivity index (χ0) is 16.5. The number of hydrogen-bond acceptors (Lipinski definition) is 3. The van der Waals surface area contributed by atoms with Gasteiger partial charge in [0.05, 0.1) is 0 Å². The minimum absolute atomic E-state index is 0.314. The van der Waals surface area contributed by atoms with E-state index in [4.69, 9.17) is 4.42 Å². The third-order valence-corrected chi connectivity index (χ3v) is 5.34. The predicted octanol–water partition coefficient (Wildman–Crippen LogP) is 5.75. The van der Waals surface area contributed by atoms with Crippen molar-refractivity contribution in [2.24, 2.45) is 0 Å². The maximum atomic E-state index is 11.9. The first kappa shape index (κ1) is 14.9. The first-order valence-corrected chi connectivity index (χ1v) is 8.78. The fraction of sp³-hybridized carbons (Fsp3) is 0.0952. The highest BCUT2D eigenvalue weighted by molar-refractivity contribution is 7.18. The summed E-state index contributed by atoms with van der Waals surface area (Å²) in [6.07, 6.45) is 1.04. The second kappa shape index (κ2) is 6.10. The summed E-state index contributed by atoms with van der Waals surface area (Å²) in [6.45, 7) is 2.16. The van der Waals surface area contributed by atoms with Crippen molar-refractivity contribution in [3.8, 4) is 20.9 Å². The molecule has 2 nitrogen and oxygen atoms in total. The topological polar surface area (TPSA) is 30.2 Å². The quantitative estimate of drug-likeness (QED) is 0.447. The molecule has 0 saturated heterocycles. The van der Waals surface area contributed by atoms with Gasteiger partial charge in [-0.05, 0) is 35.7 Å². The van der Waals surface area contributed by atoms with E-state index in [0.29, 0.717) is 5.58 Å². The lowest BCUT2D eigenvalue weighted by Gasteiger charge is -2.03. The Hall–Kier alpha value is -2.65. The summed E-state index contributed by atoms with van der Waals surface area (Å²) >= 11 is 1.70. The summed E-state index contributed by atoms with van der Waals surface area (Å²) in [7, 11) is 0. The zero-order valence-corrected chi connectivity index (χ0v) is 14.1. The maximum absolute atomic E-state index is 11.9. The third-order valence-electron chi connectivity index (χ3n) is 4.17. The molecule has 0 unspecified atom stereocenters. The summed E-state index contributed by atoms with van der Waals surface area (Å²) in [5, 5.41) is 0.965. The van der Waals surface area contributed by atoms with Crippen molar-refractivity contribution in [2.75, 3.05) is 0 Å². The van der Waals surface area contributed by atoms with Gasteiger partial charge >= 0.3 is 5.63 Å². The molecule has 0 N–H and O–H groups in total. The van der Waals surface area contributed by atoms with Crippen LogP contribution in [0, 0.1) is 0 Å². The van der Waals surface area contributed by atoms with Crippen LogP contribution in [-0.2, 0) is 6.42 Å². The summed E-state index contributed by atoms with van der Waals surface area (Å²) in [5.74, 6) is 0. The summed E-state index contributed by atoms with van der Waals surface area (Å²) in [5.41, 5.74) is 3.79. The highest BCUT2D eigenvalue weighted by Gasteiger charge is 2.10. The molecule has 2 aromatic carbocycles. The molecule has 4 rings (SSSR count). The van der Waals surface area contributed by atoms with Gasteiger partial charge in [0.1, 0.15) is 5.58 Å². The fourth-order valence-corrected chi connectivity index (χ4v) is 3.90. The lowest BCUT2D eigenvalue weighted by molar-refractivity contribution is 0.561. The van der Waals surface area contributed by atoms with Crippen molar-refractivity contribution < 1.29 is 4.42 Å². The molecular weight excluding hydrogens is 316 g/mol. The first-order valence-electron chi connectivity index (χ1n) is 7.97. The van der Waals surface area contributed by atoms with Crippen molar-refractivity contribution in [1.82, 2.24) is 0 Å². The average molecular weight is 332 g/mol. The largest absolute Gasteiger partial charge is 0.423 e. The van der Waals surface area contributed by atoms with Gasteiger partial charge in [0.2, 0.25) is 0 Å². The number of fused-ring (bicyclic) bond motifs is 1. The van der Waals surface area contributed by atoms with Gasteiger partial charge in [-0.15, -0.1) is 11.3 Å². The summed E-state index contributed by atoms with van der Waals surface area (Å²) in [6, 6.07) is 22.1. The van der Waals surface area contributed by atoms with E-state index in [1.54, 1.807) is 17.4 Å². The van der Waals surface area contributed by atoms with Crippen LogP contribution in [-0.4, -0.2) is 0 Å². The second-order valence-corrected chi connectivity index (χ2v) is 6.77. The number of para-hydroxylation sites is 1. The minimum atomic E-state index is -0.314. The number of hydrogen-bond donors (Lipinski definition) is 0. The van der Waals surface area contributed by atoms with Crippen LogP contribution in [0.5, 0.6) is 0 Å². The van der Waals surface area contributed by atoms with Crippen LogP contribution >= 0.6 is 11.3 Å². The van der Waals surface area contributed by atoms with E-state index >= 15 is 0 Å². The van der Waals surface area contributed by atoms with Gasteiger partial charge in [-0.3, -0.25) is 0 Å². The van der Waals surface area contributed by atoms with E-state index in [-0.39, 0.29) is 5.63 Å². The first-order chi connectivity index (χ1) is 11.7. The Bertz CT molecular complexity index is 1060. The van der Waals surface area contributed by atoms with Crippen LogP contribution in [0.25, 0.3) is 31.9 Å². The third kappa shape index (κ3) is 2.68. The van der Waals surface area contributed by atoms with Gasteiger partial charge in [0.25, 0.3) is 0 Å². The van der Waals surface area contributed by atoms with E-state index < -0.39 is 0 Å². The molecule has 2 heterocycles. The van der Waals surface area contributed by atoms with Crippen LogP contribution in [0.4, 0.5) is 0 Å². The summed E-state index contributed by atoms with van der Waals surface area (Å²) in [4.78, 5) is 14.1. The normalized spacial score (nSPS) is 11.0. The smallest absolute Gasteiger partial charge is 0.336 e. The molecule has 2 aromatic heterocycles. The Balaban J connectivity index is 1.81. The van der Waals surface area contributed by atoms with Crippen LogP contribution in [0.15, 0.2) is 75.9 Å². The maximum Gasteiger partial charge on any atom is 0.336 e. The van der Waals surface area contributed by atoms with Crippen molar-refractivity contribution in [3.05, 3.63) is 82.7 Å². The van der Waals surface area contributed by atoms with Gasteiger partial charge in [-0.1, -0.05) is 49.4 Å². The average Bonchev–Trinajstić information content (AvgIpc) is 3.11. The van der Waals surface area contributed by atoms with Gasteiger partial charge in [0, 0.05) is 26.8 Å². The van der Waals surface area contributed by atoms with Gasteiger partial charge in [0.15, 0.2) is 0 Å². The van der Waals surface area contributed by atoms with Gasteiger partial charge < -0.3 is 4.42 Å². The Kier molecular flexibility index (Phi) is 3.79. The van der Waals surface area contributed by atoms with E-state index in [9.17, 15) is 4.79 Å². The van der Waals surface area contributed by atoms with Crippen LogP contribution in [0.1, 0.15) is 12.5 Å². The van der Waals surface area contributed by atoms with E-state index in [2.05, 4.69) is 43.3 Å². The molecule has 4 aromatic rings. The van der Waals surface area contributed by atoms with E-state index in [1.807, 2.05) is 24.3 Å². The SMILES string of the molecule is CCc1ccc(-c2ccc(-c3cc(=O)oc4ccccc34)s2)cc1. The molecule has 0 atom stereocenters. The molecule has 0 bridgehead atoms. The molecule has 0 aliphatic carbocycles. The molecule has 0 aliphatic rings. The minimum Gasteiger partial charge on any atom is -0.423 e. The highest BCUT2D eigenvalue weighted by atomic mass is 32.1. The molecular formula is C21H16O2S. The zero-order valence-electron chi connectivity index (χ0n) is 13.3. The second-order valence-electron chi connectivity index (χ2n) is 5.69. The number of thiophene rings is 1.